The van der Waals surface area contributed by atoms with Crippen molar-refractivity contribution >= 4 is 21.7 Å². The molecule has 7 nitrogen and oxygen atoms in total. The van der Waals surface area contributed by atoms with Crippen LogP contribution in [0.3, 0.4) is 0 Å². The summed E-state index contributed by atoms with van der Waals surface area (Å²) < 4.78 is 28.9. The molecule has 0 spiro atoms. The SMILES string of the molecule is O=S1(=O)N=C(n2ccnc2)Nc2ccncc21. The third kappa shape index (κ3) is 1.58. The maximum atomic E-state index is 11.9. The van der Waals surface area contributed by atoms with Crippen molar-refractivity contribution in [1.82, 2.24) is 14.5 Å². The van der Waals surface area contributed by atoms with Crippen LogP contribution in [0, 0.1) is 0 Å². The van der Waals surface area contributed by atoms with Gasteiger partial charge in [0.2, 0.25) is 5.96 Å². The zero-order valence-corrected chi connectivity index (χ0v) is 9.29. The van der Waals surface area contributed by atoms with Crippen molar-refractivity contribution in [3.8, 4) is 0 Å². The number of rotatable bonds is 0. The van der Waals surface area contributed by atoms with Crippen molar-refractivity contribution in [1.29, 1.82) is 0 Å². The van der Waals surface area contributed by atoms with Gasteiger partial charge in [-0.2, -0.15) is 8.42 Å². The van der Waals surface area contributed by atoms with E-state index in [1.54, 1.807) is 18.5 Å². The van der Waals surface area contributed by atoms with Gasteiger partial charge in [0.15, 0.2) is 0 Å². The highest BCUT2D eigenvalue weighted by Crippen LogP contribution is 2.25. The maximum absolute atomic E-state index is 11.9. The fraction of sp³-hybridized carbons (Fsp3) is 0. The summed E-state index contributed by atoms with van der Waals surface area (Å²) in [6.07, 6.45) is 7.39. The minimum atomic E-state index is -3.70. The van der Waals surface area contributed by atoms with Crippen LogP contribution in [0.25, 0.3) is 0 Å². The molecule has 0 aromatic carbocycles. The van der Waals surface area contributed by atoms with Crippen molar-refractivity contribution in [3.05, 3.63) is 37.2 Å². The summed E-state index contributed by atoms with van der Waals surface area (Å²) in [5.41, 5.74) is 0.457. The summed E-state index contributed by atoms with van der Waals surface area (Å²) in [6.45, 7) is 0. The Kier molecular flexibility index (Phi) is 1.99. The largest absolute Gasteiger partial charge is 0.323 e. The Morgan fingerprint density at radius 3 is 2.88 bits per heavy atom. The summed E-state index contributed by atoms with van der Waals surface area (Å²) >= 11 is 0. The lowest BCUT2D eigenvalue weighted by atomic mass is 10.4. The molecule has 0 fully saturated rings. The van der Waals surface area contributed by atoms with Crippen LogP contribution < -0.4 is 5.32 Å². The van der Waals surface area contributed by atoms with Crippen molar-refractivity contribution in [2.45, 2.75) is 4.90 Å². The summed E-state index contributed by atoms with van der Waals surface area (Å²) in [4.78, 5) is 7.68. The van der Waals surface area contributed by atoms with Crippen molar-refractivity contribution < 1.29 is 8.42 Å². The van der Waals surface area contributed by atoms with Crippen molar-refractivity contribution in [3.63, 3.8) is 0 Å². The van der Waals surface area contributed by atoms with Crippen LogP contribution in [-0.4, -0.2) is 28.9 Å². The van der Waals surface area contributed by atoms with E-state index in [0.29, 0.717) is 5.69 Å². The lowest BCUT2D eigenvalue weighted by Crippen LogP contribution is -2.27. The second-order valence-corrected chi connectivity index (χ2v) is 4.93. The number of fused-ring (bicyclic) bond motifs is 1. The predicted molar refractivity (Wildman–Crippen MR) is 60.1 cm³/mol. The average molecular weight is 249 g/mol. The first-order chi connectivity index (χ1) is 8.17. The molecule has 0 unspecified atom stereocenters. The lowest BCUT2D eigenvalue weighted by Gasteiger charge is -2.17. The quantitative estimate of drug-likeness (QED) is 0.725. The van der Waals surface area contributed by atoms with Gasteiger partial charge in [0.1, 0.15) is 11.2 Å². The third-order valence-electron chi connectivity index (χ3n) is 2.26. The van der Waals surface area contributed by atoms with E-state index in [2.05, 4.69) is 19.7 Å². The molecule has 1 N–H and O–H groups in total. The first kappa shape index (κ1) is 9.97. The van der Waals surface area contributed by atoms with Crippen LogP contribution in [0.15, 0.2) is 46.5 Å². The summed E-state index contributed by atoms with van der Waals surface area (Å²) in [7, 11) is -3.70. The van der Waals surface area contributed by atoms with Gasteiger partial charge >= 0.3 is 0 Å². The Labute approximate surface area is 96.9 Å². The van der Waals surface area contributed by atoms with Gasteiger partial charge in [0, 0.05) is 24.8 Å². The number of anilines is 1. The predicted octanol–water partition coefficient (Wildman–Crippen LogP) is 0.297. The standard InChI is InChI=1S/C9H7N5O2S/c15-17(16)8-5-10-2-1-7(8)12-9(13-17)14-4-3-11-6-14/h1-6H,(H,12,13). The van der Waals surface area contributed by atoms with E-state index in [0.717, 1.165) is 0 Å². The molecule has 17 heavy (non-hydrogen) atoms. The van der Waals surface area contributed by atoms with Crippen LogP contribution in [0.5, 0.6) is 0 Å². The molecule has 0 saturated heterocycles. The highest BCUT2D eigenvalue weighted by Gasteiger charge is 2.25. The monoisotopic (exact) mass is 249 g/mol. The van der Waals surface area contributed by atoms with Gasteiger partial charge in [0.25, 0.3) is 10.0 Å². The van der Waals surface area contributed by atoms with E-state index in [1.807, 2.05) is 0 Å². The van der Waals surface area contributed by atoms with Crippen LogP contribution in [0.4, 0.5) is 5.69 Å². The highest BCUT2D eigenvalue weighted by atomic mass is 32.2. The molecule has 0 aliphatic carbocycles. The normalized spacial score (nSPS) is 16.8. The number of sulfonamides is 1. The topological polar surface area (TPSA) is 89.2 Å². The van der Waals surface area contributed by atoms with E-state index in [1.165, 1.54) is 23.3 Å². The molecule has 1 aliphatic heterocycles. The first-order valence-electron chi connectivity index (χ1n) is 4.71. The Morgan fingerprint density at radius 2 is 2.12 bits per heavy atom. The minimum Gasteiger partial charge on any atom is -0.323 e. The van der Waals surface area contributed by atoms with Gasteiger partial charge in [-0.15, -0.1) is 4.40 Å². The van der Waals surface area contributed by atoms with Gasteiger partial charge in [-0.25, -0.2) is 4.98 Å². The van der Waals surface area contributed by atoms with Crippen LogP contribution in [-0.2, 0) is 10.0 Å². The molecule has 3 heterocycles. The lowest BCUT2D eigenvalue weighted by molar-refractivity contribution is 0.597. The summed E-state index contributed by atoms with van der Waals surface area (Å²) in [6, 6.07) is 1.58. The molecule has 0 saturated carbocycles. The van der Waals surface area contributed by atoms with E-state index < -0.39 is 10.0 Å². The van der Waals surface area contributed by atoms with Crippen LogP contribution in [0.1, 0.15) is 0 Å². The molecule has 0 radical (unpaired) electrons. The Morgan fingerprint density at radius 1 is 1.24 bits per heavy atom. The van der Waals surface area contributed by atoms with Gasteiger partial charge in [0.05, 0.1) is 5.69 Å². The van der Waals surface area contributed by atoms with Crippen molar-refractivity contribution in [2.24, 2.45) is 4.40 Å². The number of pyridine rings is 1. The molecule has 1 aliphatic rings. The highest BCUT2D eigenvalue weighted by molar-refractivity contribution is 7.90. The van der Waals surface area contributed by atoms with Gasteiger partial charge in [-0.05, 0) is 6.07 Å². The molecule has 0 bridgehead atoms. The zero-order valence-electron chi connectivity index (χ0n) is 8.48. The molecule has 3 rings (SSSR count). The van der Waals surface area contributed by atoms with Gasteiger partial charge in [-0.3, -0.25) is 9.55 Å². The summed E-state index contributed by atoms with van der Waals surface area (Å²) in [5.74, 6) is 0.196. The van der Waals surface area contributed by atoms with E-state index in [9.17, 15) is 8.42 Å². The van der Waals surface area contributed by atoms with Crippen LogP contribution >= 0.6 is 0 Å². The van der Waals surface area contributed by atoms with Crippen LogP contribution in [0.2, 0.25) is 0 Å². The van der Waals surface area contributed by atoms with Gasteiger partial charge < -0.3 is 5.32 Å². The summed E-state index contributed by atoms with van der Waals surface area (Å²) in [5, 5.41) is 2.91. The Hall–Kier alpha value is -2.22. The molecule has 2 aromatic heterocycles. The van der Waals surface area contributed by atoms with E-state index >= 15 is 0 Å². The third-order valence-corrected chi connectivity index (χ3v) is 3.56. The molecule has 0 atom stereocenters. The molecular weight excluding hydrogens is 242 g/mol. The number of nitrogens with one attached hydrogen (secondary N) is 1. The second-order valence-electron chi connectivity index (χ2n) is 3.36. The molecule has 2 aromatic rings. The fourth-order valence-corrected chi connectivity index (χ4v) is 2.55. The van der Waals surface area contributed by atoms with Crippen molar-refractivity contribution in [2.75, 3.05) is 5.32 Å². The smallest absolute Gasteiger partial charge is 0.289 e. The molecule has 86 valence electrons. The number of imidazole rings is 1. The minimum absolute atomic E-state index is 0.0730. The number of aromatic nitrogens is 3. The Bertz CT molecular complexity index is 690. The number of hydrogen-bond acceptors (Lipinski definition) is 5. The van der Waals surface area contributed by atoms with Gasteiger partial charge in [-0.1, -0.05) is 0 Å². The second kappa shape index (κ2) is 3.39. The number of hydrogen-bond donors (Lipinski definition) is 1. The van der Waals surface area contributed by atoms with E-state index in [-0.39, 0.29) is 10.9 Å². The fourth-order valence-electron chi connectivity index (χ4n) is 1.49. The van der Waals surface area contributed by atoms with E-state index in [4.69, 9.17) is 0 Å². The zero-order chi connectivity index (χ0) is 11.9. The average Bonchev–Trinajstić information content (AvgIpc) is 2.81. The maximum Gasteiger partial charge on any atom is 0.289 e. The number of nitrogens with zero attached hydrogens (tertiary/aromatic N) is 4. The molecular formula is C9H7N5O2S. The Balaban J connectivity index is 2.18. The molecule has 0 amide bonds. The molecule has 8 heteroatoms. The first-order valence-corrected chi connectivity index (χ1v) is 6.15.